The van der Waals surface area contributed by atoms with Crippen molar-refractivity contribution in [1.29, 1.82) is 0 Å². The van der Waals surface area contributed by atoms with Gasteiger partial charge in [-0.25, -0.2) is 0 Å². The van der Waals surface area contributed by atoms with Crippen LogP contribution in [-0.4, -0.2) is 22.8 Å². The highest BCUT2D eigenvalue weighted by atomic mass is 16.5. The molecule has 24 heavy (non-hydrogen) atoms. The van der Waals surface area contributed by atoms with Crippen molar-refractivity contribution >= 4 is 11.8 Å². The van der Waals surface area contributed by atoms with Crippen molar-refractivity contribution in [1.82, 2.24) is 15.6 Å². The van der Waals surface area contributed by atoms with E-state index in [9.17, 15) is 9.59 Å². The molecule has 0 aliphatic carbocycles. The first kappa shape index (κ1) is 16.0. The number of amides is 2. The van der Waals surface area contributed by atoms with Gasteiger partial charge >= 0.3 is 0 Å². The van der Waals surface area contributed by atoms with E-state index in [-0.39, 0.29) is 11.8 Å². The third-order valence-electron chi connectivity index (χ3n) is 3.79. The van der Waals surface area contributed by atoms with Crippen LogP contribution < -0.4 is 15.4 Å². The maximum absolute atomic E-state index is 12.0. The number of carbonyl (C=O) groups excluding carboxylic acids is 2. The lowest BCUT2D eigenvalue weighted by Gasteiger charge is -2.12. The molecule has 1 saturated heterocycles. The molecule has 0 saturated carbocycles. The highest BCUT2D eigenvalue weighted by Gasteiger charge is 2.26. The molecule has 2 N–H and O–H groups in total. The number of hydrogen-bond donors (Lipinski definition) is 2. The van der Waals surface area contributed by atoms with Gasteiger partial charge in [-0.15, -0.1) is 0 Å². The van der Waals surface area contributed by atoms with Gasteiger partial charge in [0.15, 0.2) is 0 Å². The third-order valence-corrected chi connectivity index (χ3v) is 3.79. The Morgan fingerprint density at radius 3 is 2.96 bits per heavy atom. The van der Waals surface area contributed by atoms with Gasteiger partial charge in [0.1, 0.15) is 18.4 Å². The number of nitrogens with zero attached hydrogens (tertiary/aromatic N) is 1. The molecule has 3 rings (SSSR count). The van der Waals surface area contributed by atoms with Crippen LogP contribution in [0.2, 0.25) is 0 Å². The Labute approximate surface area is 140 Å². The number of ether oxygens (including phenoxy) is 1. The number of nitrogens with one attached hydrogen (secondary N) is 2. The molecular weight excluding hydrogens is 306 g/mol. The minimum absolute atomic E-state index is 0.0694. The Morgan fingerprint density at radius 1 is 1.29 bits per heavy atom. The molecular formula is C18H19N3O3. The molecule has 124 valence electrons. The molecule has 1 aromatic heterocycles. The van der Waals surface area contributed by atoms with Crippen LogP contribution >= 0.6 is 0 Å². The van der Waals surface area contributed by atoms with E-state index in [1.165, 1.54) is 0 Å². The quantitative estimate of drug-likeness (QED) is 0.844. The van der Waals surface area contributed by atoms with E-state index in [4.69, 9.17) is 4.74 Å². The van der Waals surface area contributed by atoms with Crippen molar-refractivity contribution in [3.8, 4) is 5.75 Å². The average molecular weight is 325 g/mol. The summed E-state index contributed by atoms with van der Waals surface area (Å²) >= 11 is 0. The predicted molar refractivity (Wildman–Crippen MR) is 88.0 cm³/mol. The molecule has 0 spiro atoms. The Bertz CT molecular complexity index is 718. The molecule has 0 bridgehead atoms. The van der Waals surface area contributed by atoms with Crippen molar-refractivity contribution in [2.75, 3.05) is 0 Å². The maximum Gasteiger partial charge on any atom is 0.242 e. The maximum atomic E-state index is 12.0. The van der Waals surface area contributed by atoms with Crippen LogP contribution in [0.25, 0.3) is 0 Å². The zero-order chi connectivity index (χ0) is 16.8. The monoisotopic (exact) mass is 325 g/mol. The molecule has 6 heteroatoms. The fourth-order valence-corrected chi connectivity index (χ4v) is 2.51. The standard InChI is InChI=1S/C18H19N3O3/c22-17-8-7-16(21-17)18(23)20-11-13-4-3-6-15(10-13)24-12-14-5-1-2-9-19-14/h1-6,9-10,16H,7-8,11-12H2,(H,20,23)(H,21,22)/t16-/m0/s1. The minimum atomic E-state index is -0.416. The van der Waals surface area contributed by atoms with Crippen molar-refractivity contribution in [3.05, 3.63) is 59.9 Å². The average Bonchev–Trinajstić information content (AvgIpc) is 3.06. The summed E-state index contributed by atoms with van der Waals surface area (Å²) in [6, 6.07) is 12.8. The van der Waals surface area contributed by atoms with Gasteiger partial charge in [0.05, 0.1) is 5.69 Å². The van der Waals surface area contributed by atoms with E-state index in [2.05, 4.69) is 15.6 Å². The molecule has 6 nitrogen and oxygen atoms in total. The zero-order valence-corrected chi connectivity index (χ0v) is 13.2. The lowest BCUT2D eigenvalue weighted by molar-refractivity contribution is -0.125. The molecule has 1 aromatic carbocycles. The Morgan fingerprint density at radius 2 is 2.21 bits per heavy atom. The number of carbonyl (C=O) groups is 2. The van der Waals surface area contributed by atoms with Gasteiger partial charge in [-0.05, 0) is 36.2 Å². The number of rotatable bonds is 6. The summed E-state index contributed by atoms with van der Waals surface area (Å²) in [5.74, 6) is 0.502. The second-order valence-corrected chi connectivity index (χ2v) is 5.63. The van der Waals surface area contributed by atoms with E-state index in [1.807, 2.05) is 42.5 Å². The van der Waals surface area contributed by atoms with Crippen molar-refractivity contribution < 1.29 is 14.3 Å². The lowest BCUT2D eigenvalue weighted by atomic mass is 10.2. The fraction of sp³-hybridized carbons (Fsp3) is 0.278. The zero-order valence-electron chi connectivity index (χ0n) is 13.2. The number of hydrogen-bond acceptors (Lipinski definition) is 4. The van der Waals surface area contributed by atoms with Gasteiger partial charge in [-0.1, -0.05) is 18.2 Å². The first-order valence-corrected chi connectivity index (χ1v) is 7.89. The largest absolute Gasteiger partial charge is 0.487 e. The number of benzene rings is 1. The van der Waals surface area contributed by atoms with Crippen LogP contribution in [-0.2, 0) is 22.7 Å². The van der Waals surface area contributed by atoms with Crippen LogP contribution in [0.15, 0.2) is 48.7 Å². The molecule has 1 atom stereocenters. The Kier molecular flexibility index (Phi) is 5.05. The molecule has 2 heterocycles. The topological polar surface area (TPSA) is 80.3 Å². The van der Waals surface area contributed by atoms with Gasteiger partial charge in [0, 0.05) is 19.2 Å². The van der Waals surface area contributed by atoms with Crippen molar-refractivity contribution in [2.45, 2.75) is 32.0 Å². The summed E-state index contributed by atoms with van der Waals surface area (Å²) in [5, 5.41) is 5.50. The van der Waals surface area contributed by atoms with Crippen LogP contribution in [0.4, 0.5) is 0 Å². The number of pyridine rings is 1. The van der Waals surface area contributed by atoms with Gasteiger partial charge in [0.25, 0.3) is 0 Å². The minimum Gasteiger partial charge on any atom is -0.487 e. The van der Waals surface area contributed by atoms with E-state index >= 15 is 0 Å². The van der Waals surface area contributed by atoms with Crippen LogP contribution in [0, 0.1) is 0 Å². The van der Waals surface area contributed by atoms with Crippen LogP contribution in [0.3, 0.4) is 0 Å². The van der Waals surface area contributed by atoms with E-state index in [0.29, 0.717) is 26.0 Å². The molecule has 2 amide bonds. The SMILES string of the molecule is O=C1CC[C@@H](C(=O)NCc2cccc(OCc3ccccn3)c2)N1. The second kappa shape index (κ2) is 7.59. The van der Waals surface area contributed by atoms with Crippen LogP contribution in [0.5, 0.6) is 5.75 Å². The summed E-state index contributed by atoms with van der Waals surface area (Å²) in [7, 11) is 0. The molecule has 2 aromatic rings. The fourth-order valence-electron chi connectivity index (χ4n) is 2.51. The van der Waals surface area contributed by atoms with Gasteiger partial charge < -0.3 is 15.4 Å². The summed E-state index contributed by atoms with van der Waals surface area (Å²) in [4.78, 5) is 27.4. The first-order valence-electron chi connectivity index (χ1n) is 7.89. The smallest absolute Gasteiger partial charge is 0.242 e. The van der Waals surface area contributed by atoms with E-state index < -0.39 is 6.04 Å². The van der Waals surface area contributed by atoms with Crippen molar-refractivity contribution in [2.24, 2.45) is 0 Å². The third kappa shape index (κ3) is 4.32. The summed E-state index contributed by atoms with van der Waals surface area (Å²) in [5.41, 5.74) is 1.79. The van der Waals surface area contributed by atoms with Gasteiger partial charge in [-0.3, -0.25) is 14.6 Å². The summed E-state index contributed by atoms with van der Waals surface area (Å²) in [6.07, 6.45) is 2.69. The molecule has 0 radical (unpaired) electrons. The second-order valence-electron chi connectivity index (χ2n) is 5.63. The van der Waals surface area contributed by atoms with Crippen LogP contribution in [0.1, 0.15) is 24.1 Å². The van der Waals surface area contributed by atoms with E-state index in [1.54, 1.807) is 6.20 Å². The highest BCUT2D eigenvalue weighted by Crippen LogP contribution is 2.15. The lowest BCUT2D eigenvalue weighted by Crippen LogP contribution is -2.41. The van der Waals surface area contributed by atoms with Gasteiger partial charge in [0.2, 0.25) is 11.8 Å². The molecule has 1 fully saturated rings. The summed E-state index contributed by atoms with van der Waals surface area (Å²) in [6.45, 7) is 0.788. The highest BCUT2D eigenvalue weighted by molar-refractivity contribution is 5.90. The van der Waals surface area contributed by atoms with Gasteiger partial charge in [-0.2, -0.15) is 0 Å². The molecule has 1 aliphatic rings. The predicted octanol–water partition coefficient (Wildman–Crippen LogP) is 1.56. The summed E-state index contributed by atoms with van der Waals surface area (Å²) < 4.78 is 5.72. The normalized spacial score (nSPS) is 16.5. The van der Waals surface area contributed by atoms with E-state index in [0.717, 1.165) is 17.0 Å². The first-order chi connectivity index (χ1) is 11.7. The Balaban J connectivity index is 1.51. The molecule has 0 unspecified atom stereocenters. The Hall–Kier alpha value is -2.89. The number of aromatic nitrogens is 1. The molecule has 1 aliphatic heterocycles. The van der Waals surface area contributed by atoms with Crippen molar-refractivity contribution in [3.63, 3.8) is 0 Å².